The van der Waals surface area contributed by atoms with Crippen LogP contribution in [-0.2, 0) is 5.41 Å². The summed E-state index contributed by atoms with van der Waals surface area (Å²) in [5.41, 5.74) is 3.61. The Bertz CT molecular complexity index is 609. The van der Waals surface area contributed by atoms with Gasteiger partial charge in [-0.2, -0.15) is 0 Å². The number of aryl methyl sites for hydroxylation is 1. The van der Waals surface area contributed by atoms with E-state index < -0.39 is 0 Å². The lowest BCUT2D eigenvalue weighted by Gasteiger charge is -2.30. The molecule has 0 amide bonds. The number of aromatic amines is 1. The minimum Gasteiger partial charge on any atom is -0.341 e. The molecule has 1 aromatic heterocycles. The third-order valence-corrected chi connectivity index (χ3v) is 4.96. The second-order valence-electron chi connectivity index (χ2n) is 5.94. The monoisotopic (exact) mass is 321 g/mol. The summed E-state index contributed by atoms with van der Waals surface area (Å²) in [5.74, 6) is 1.72. The van der Waals surface area contributed by atoms with Crippen LogP contribution in [0.1, 0.15) is 31.7 Å². The van der Waals surface area contributed by atoms with Crippen molar-refractivity contribution in [1.82, 2.24) is 15.3 Å². The first-order valence-corrected chi connectivity index (χ1v) is 7.69. The predicted octanol–water partition coefficient (Wildman–Crippen LogP) is 3.52. The quantitative estimate of drug-likeness (QED) is 0.888. The van der Waals surface area contributed by atoms with Gasteiger partial charge in [-0.25, -0.2) is 4.98 Å². The smallest absolute Gasteiger partial charge is 0.115 e. The molecule has 1 unspecified atom stereocenters. The molecule has 3 rings (SSSR count). The number of rotatable bonds is 2. The Labute approximate surface area is 122 Å². The molecular formula is C15H20BrN3. The number of fused-ring (bicyclic) bond motifs is 1. The average molecular weight is 322 g/mol. The molecule has 1 aliphatic heterocycles. The molecule has 2 N–H and O–H groups in total. The zero-order valence-corrected chi connectivity index (χ0v) is 13.3. The van der Waals surface area contributed by atoms with Crippen LogP contribution in [0.25, 0.3) is 11.0 Å². The Morgan fingerprint density at radius 1 is 1.37 bits per heavy atom. The SMILES string of the molecule is Cc1cc(Br)cc2[nH]c(C3(C(C)C)CCNC3)nc12. The fourth-order valence-electron chi connectivity index (χ4n) is 3.16. The van der Waals surface area contributed by atoms with Crippen LogP contribution in [0.4, 0.5) is 0 Å². The first-order chi connectivity index (χ1) is 9.03. The molecule has 1 fully saturated rings. The summed E-state index contributed by atoms with van der Waals surface area (Å²) in [6.07, 6.45) is 1.16. The van der Waals surface area contributed by atoms with Gasteiger partial charge in [0.05, 0.1) is 11.0 Å². The Balaban J connectivity index is 2.17. The van der Waals surface area contributed by atoms with Gasteiger partial charge < -0.3 is 10.3 Å². The number of hydrogen-bond donors (Lipinski definition) is 2. The molecule has 4 heteroatoms. The van der Waals surface area contributed by atoms with E-state index >= 15 is 0 Å². The molecule has 102 valence electrons. The molecular weight excluding hydrogens is 302 g/mol. The zero-order valence-electron chi connectivity index (χ0n) is 11.7. The van der Waals surface area contributed by atoms with Gasteiger partial charge in [-0.3, -0.25) is 0 Å². The van der Waals surface area contributed by atoms with Crippen molar-refractivity contribution in [2.24, 2.45) is 5.92 Å². The number of aromatic nitrogens is 2. The maximum Gasteiger partial charge on any atom is 0.115 e. The van der Waals surface area contributed by atoms with Crippen LogP contribution in [0.5, 0.6) is 0 Å². The van der Waals surface area contributed by atoms with Crippen LogP contribution >= 0.6 is 15.9 Å². The van der Waals surface area contributed by atoms with Crippen molar-refractivity contribution in [2.75, 3.05) is 13.1 Å². The number of imidazole rings is 1. The van der Waals surface area contributed by atoms with E-state index in [0.29, 0.717) is 5.92 Å². The van der Waals surface area contributed by atoms with Crippen LogP contribution < -0.4 is 5.32 Å². The molecule has 3 nitrogen and oxygen atoms in total. The second-order valence-corrected chi connectivity index (χ2v) is 6.86. The maximum absolute atomic E-state index is 4.91. The Morgan fingerprint density at radius 2 is 2.16 bits per heavy atom. The van der Waals surface area contributed by atoms with E-state index in [4.69, 9.17) is 4.98 Å². The summed E-state index contributed by atoms with van der Waals surface area (Å²) in [6.45, 7) is 8.81. The highest BCUT2D eigenvalue weighted by Gasteiger charge is 2.41. The van der Waals surface area contributed by atoms with Gasteiger partial charge in [-0.05, 0) is 43.5 Å². The van der Waals surface area contributed by atoms with E-state index in [1.807, 2.05) is 0 Å². The number of H-pyrrole nitrogens is 1. The van der Waals surface area contributed by atoms with Gasteiger partial charge in [-0.1, -0.05) is 29.8 Å². The van der Waals surface area contributed by atoms with Gasteiger partial charge in [0, 0.05) is 16.4 Å². The molecule has 0 aliphatic carbocycles. The van der Waals surface area contributed by atoms with E-state index in [-0.39, 0.29) is 5.41 Å². The van der Waals surface area contributed by atoms with Crippen molar-refractivity contribution >= 4 is 27.0 Å². The van der Waals surface area contributed by atoms with Gasteiger partial charge in [-0.15, -0.1) is 0 Å². The molecule has 1 saturated heterocycles. The predicted molar refractivity (Wildman–Crippen MR) is 82.5 cm³/mol. The first-order valence-electron chi connectivity index (χ1n) is 6.90. The van der Waals surface area contributed by atoms with Gasteiger partial charge >= 0.3 is 0 Å². The highest BCUT2D eigenvalue weighted by Crippen LogP contribution is 2.37. The summed E-state index contributed by atoms with van der Waals surface area (Å²) in [4.78, 5) is 8.47. The number of halogens is 1. The molecule has 2 aromatic rings. The van der Waals surface area contributed by atoms with Crippen LogP contribution in [-0.4, -0.2) is 23.1 Å². The standard InChI is InChI=1S/C15H20BrN3/c1-9(2)15(4-5-17-8-15)14-18-12-7-11(16)6-10(3)13(12)19-14/h6-7,9,17H,4-5,8H2,1-3H3,(H,18,19). The van der Waals surface area contributed by atoms with Gasteiger partial charge in [0.1, 0.15) is 5.82 Å². The summed E-state index contributed by atoms with van der Waals surface area (Å²) in [6, 6.07) is 4.25. The lowest BCUT2D eigenvalue weighted by molar-refractivity contribution is 0.321. The van der Waals surface area contributed by atoms with Crippen molar-refractivity contribution in [3.8, 4) is 0 Å². The summed E-state index contributed by atoms with van der Waals surface area (Å²) >= 11 is 3.56. The zero-order chi connectivity index (χ0) is 13.6. The molecule has 1 aromatic carbocycles. The lowest BCUT2D eigenvalue weighted by atomic mass is 9.76. The van der Waals surface area contributed by atoms with Crippen LogP contribution in [0, 0.1) is 12.8 Å². The Kier molecular flexibility index (Phi) is 3.18. The fourth-order valence-corrected chi connectivity index (χ4v) is 3.73. The molecule has 0 saturated carbocycles. The normalized spacial score (nSPS) is 23.6. The number of nitrogens with one attached hydrogen (secondary N) is 2. The van der Waals surface area contributed by atoms with Crippen molar-refractivity contribution < 1.29 is 0 Å². The Morgan fingerprint density at radius 3 is 2.79 bits per heavy atom. The van der Waals surface area contributed by atoms with Crippen LogP contribution in [0.15, 0.2) is 16.6 Å². The minimum absolute atomic E-state index is 0.151. The number of nitrogens with zero attached hydrogens (tertiary/aromatic N) is 1. The van der Waals surface area contributed by atoms with Gasteiger partial charge in [0.2, 0.25) is 0 Å². The average Bonchev–Trinajstić information content (AvgIpc) is 2.93. The van der Waals surface area contributed by atoms with Gasteiger partial charge in [0.25, 0.3) is 0 Å². The first kappa shape index (κ1) is 13.1. The summed E-state index contributed by atoms with van der Waals surface area (Å²) in [5, 5.41) is 3.49. The maximum atomic E-state index is 4.91. The second kappa shape index (κ2) is 4.60. The minimum atomic E-state index is 0.151. The van der Waals surface area contributed by atoms with E-state index in [1.165, 1.54) is 5.56 Å². The van der Waals surface area contributed by atoms with Crippen LogP contribution in [0.3, 0.4) is 0 Å². The van der Waals surface area contributed by atoms with Crippen molar-refractivity contribution in [3.05, 3.63) is 28.0 Å². The van der Waals surface area contributed by atoms with Gasteiger partial charge in [0.15, 0.2) is 0 Å². The highest BCUT2D eigenvalue weighted by atomic mass is 79.9. The third-order valence-electron chi connectivity index (χ3n) is 4.51. The highest BCUT2D eigenvalue weighted by molar-refractivity contribution is 9.10. The van der Waals surface area contributed by atoms with Crippen LogP contribution in [0.2, 0.25) is 0 Å². The summed E-state index contributed by atoms with van der Waals surface area (Å²) < 4.78 is 1.11. The number of benzene rings is 1. The fraction of sp³-hybridized carbons (Fsp3) is 0.533. The van der Waals surface area contributed by atoms with Crippen molar-refractivity contribution in [1.29, 1.82) is 0 Å². The van der Waals surface area contributed by atoms with E-state index in [0.717, 1.165) is 40.8 Å². The Hall–Kier alpha value is -0.870. The van der Waals surface area contributed by atoms with E-state index in [9.17, 15) is 0 Å². The molecule has 19 heavy (non-hydrogen) atoms. The topological polar surface area (TPSA) is 40.7 Å². The van der Waals surface area contributed by atoms with Crippen molar-refractivity contribution in [3.63, 3.8) is 0 Å². The molecule has 0 bridgehead atoms. The lowest BCUT2D eigenvalue weighted by Crippen LogP contribution is -2.35. The van der Waals surface area contributed by atoms with E-state index in [1.54, 1.807) is 0 Å². The molecule has 0 spiro atoms. The van der Waals surface area contributed by atoms with E-state index in [2.05, 4.69) is 59.1 Å². The summed E-state index contributed by atoms with van der Waals surface area (Å²) in [7, 11) is 0. The largest absolute Gasteiger partial charge is 0.341 e. The number of hydrogen-bond acceptors (Lipinski definition) is 2. The molecule has 1 aliphatic rings. The molecule has 1 atom stereocenters. The molecule has 0 radical (unpaired) electrons. The van der Waals surface area contributed by atoms with Crippen molar-refractivity contribution in [2.45, 2.75) is 32.6 Å². The third kappa shape index (κ3) is 2.01. The molecule has 2 heterocycles.